The van der Waals surface area contributed by atoms with Gasteiger partial charge in [-0.25, -0.2) is 4.98 Å². The smallest absolute Gasteiger partial charge is 0.293 e. The Balaban J connectivity index is 1.53. The van der Waals surface area contributed by atoms with Crippen LogP contribution < -0.4 is 0 Å². The van der Waals surface area contributed by atoms with E-state index >= 15 is 0 Å². The van der Waals surface area contributed by atoms with Gasteiger partial charge in [0.25, 0.3) is 5.91 Å². The molecular weight excluding hydrogens is 354 g/mol. The third-order valence-corrected chi connectivity index (χ3v) is 5.17. The van der Waals surface area contributed by atoms with Crippen LogP contribution in [0, 0.1) is 0 Å². The molecule has 3 aromatic rings. The van der Waals surface area contributed by atoms with Gasteiger partial charge in [0, 0.05) is 19.0 Å². The van der Waals surface area contributed by atoms with E-state index < -0.39 is 0 Å². The molecule has 1 aromatic carbocycles. The highest BCUT2D eigenvalue weighted by Crippen LogP contribution is 2.32. The number of aromatic nitrogens is 2. The van der Waals surface area contributed by atoms with Crippen LogP contribution in [-0.2, 0) is 6.42 Å². The number of rotatable bonds is 5. The first-order chi connectivity index (χ1) is 13.6. The quantitative estimate of drug-likeness (QED) is 0.640. The second-order valence-corrected chi connectivity index (χ2v) is 7.61. The fraction of sp³-hybridized carbons (Fsp3) is 0.409. The molecule has 2 aromatic heterocycles. The number of amides is 1. The van der Waals surface area contributed by atoms with Crippen molar-refractivity contribution in [1.82, 2.24) is 15.0 Å². The van der Waals surface area contributed by atoms with Gasteiger partial charge >= 0.3 is 0 Å². The summed E-state index contributed by atoms with van der Waals surface area (Å²) in [7, 11) is 0. The minimum Gasteiger partial charge on any atom is -0.443 e. The predicted molar refractivity (Wildman–Crippen MR) is 104 cm³/mol. The number of oxazole rings is 1. The maximum atomic E-state index is 13.0. The van der Waals surface area contributed by atoms with Crippen LogP contribution in [-0.4, -0.2) is 27.5 Å². The molecule has 0 spiro atoms. The summed E-state index contributed by atoms with van der Waals surface area (Å²) in [4.78, 5) is 19.3. The number of carbonyl (C=O) groups excluding carboxylic acids is 1. The lowest BCUT2D eigenvalue weighted by Crippen LogP contribution is -2.38. The third-order valence-electron chi connectivity index (χ3n) is 5.17. The first-order valence-corrected chi connectivity index (χ1v) is 9.88. The first-order valence-electron chi connectivity index (χ1n) is 9.88. The highest BCUT2D eigenvalue weighted by molar-refractivity contribution is 5.91. The van der Waals surface area contributed by atoms with Crippen molar-refractivity contribution in [2.24, 2.45) is 0 Å². The van der Waals surface area contributed by atoms with Crippen molar-refractivity contribution < 1.29 is 13.7 Å². The van der Waals surface area contributed by atoms with Crippen LogP contribution in [0.15, 0.2) is 51.5 Å². The Labute approximate surface area is 164 Å². The minimum absolute atomic E-state index is 0.146. The number of nitrogens with zero attached hydrogens (tertiary/aromatic N) is 3. The Morgan fingerprint density at radius 3 is 2.82 bits per heavy atom. The van der Waals surface area contributed by atoms with Crippen molar-refractivity contribution in [2.75, 3.05) is 6.54 Å². The zero-order valence-electron chi connectivity index (χ0n) is 16.3. The lowest BCUT2D eigenvalue weighted by molar-refractivity contribution is 0.0528. The van der Waals surface area contributed by atoms with Gasteiger partial charge in [0.1, 0.15) is 11.8 Å². The summed E-state index contributed by atoms with van der Waals surface area (Å²) < 4.78 is 11.4. The first kappa shape index (κ1) is 18.5. The molecule has 1 fully saturated rings. The third kappa shape index (κ3) is 3.86. The van der Waals surface area contributed by atoms with Gasteiger partial charge in [-0.3, -0.25) is 4.79 Å². The van der Waals surface area contributed by atoms with E-state index in [1.165, 1.54) is 5.56 Å². The van der Waals surface area contributed by atoms with Crippen molar-refractivity contribution >= 4 is 5.91 Å². The molecule has 146 valence electrons. The molecule has 1 amide bonds. The molecule has 3 heterocycles. The minimum atomic E-state index is -0.168. The van der Waals surface area contributed by atoms with Crippen molar-refractivity contribution in [3.63, 3.8) is 0 Å². The Hall–Kier alpha value is -2.89. The normalized spacial score (nSPS) is 17.2. The largest absolute Gasteiger partial charge is 0.443 e. The van der Waals surface area contributed by atoms with Crippen molar-refractivity contribution in [3.8, 4) is 0 Å². The summed E-state index contributed by atoms with van der Waals surface area (Å²) in [6, 6.07) is 11.7. The molecule has 0 N–H and O–H groups in total. The average Bonchev–Trinajstić information content (AvgIpc) is 3.38. The van der Waals surface area contributed by atoms with Gasteiger partial charge < -0.3 is 13.8 Å². The lowest BCUT2D eigenvalue weighted by Gasteiger charge is -2.32. The molecule has 0 saturated carbocycles. The molecule has 1 aliphatic heterocycles. The van der Waals surface area contributed by atoms with Gasteiger partial charge in [-0.15, -0.1) is 0 Å². The second-order valence-electron chi connectivity index (χ2n) is 7.61. The Morgan fingerprint density at radius 1 is 1.25 bits per heavy atom. The zero-order chi connectivity index (χ0) is 19.5. The second kappa shape index (κ2) is 8.00. The Morgan fingerprint density at radius 2 is 2.07 bits per heavy atom. The Bertz CT molecular complexity index is 929. The fourth-order valence-corrected chi connectivity index (χ4v) is 3.59. The van der Waals surface area contributed by atoms with E-state index in [-0.39, 0.29) is 23.6 Å². The van der Waals surface area contributed by atoms with E-state index in [4.69, 9.17) is 8.94 Å². The standard InChI is InChI=1S/C22H25N3O3/c1-15(2)18-13-20(28-24-18)22(26)25-11-7-6-10-19(25)21-23-14-17(27-21)12-16-8-4-3-5-9-16/h3-5,8-9,13-15,19H,6-7,10-12H2,1-2H3/t19-/m1/s1. The summed E-state index contributed by atoms with van der Waals surface area (Å²) in [6.07, 6.45) is 5.30. The van der Waals surface area contributed by atoms with Crippen LogP contribution in [0.4, 0.5) is 0 Å². The van der Waals surface area contributed by atoms with Gasteiger partial charge in [0.15, 0.2) is 0 Å². The van der Waals surface area contributed by atoms with Gasteiger partial charge in [0.2, 0.25) is 11.7 Å². The molecule has 1 atom stereocenters. The van der Waals surface area contributed by atoms with Gasteiger partial charge in [0.05, 0.1) is 11.9 Å². The highest BCUT2D eigenvalue weighted by atomic mass is 16.5. The van der Waals surface area contributed by atoms with E-state index in [2.05, 4.69) is 22.3 Å². The van der Waals surface area contributed by atoms with Crippen LogP contribution >= 0.6 is 0 Å². The van der Waals surface area contributed by atoms with E-state index in [1.807, 2.05) is 36.9 Å². The maximum Gasteiger partial charge on any atom is 0.293 e. The van der Waals surface area contributed by atoms with Gasteiger partial charge in [-0.05, 0) is 30.7 Å². The fourth-order valence-electron chi connectivity index (χ4n) is 3.59. The van der Waals surface area contributed by atoms with Crippen LogP contribution in [0.5, 0.6) is 0 Å². The van der Waals surface area contributed by atoms with E-state index in [0.717, 1.165) is 30.7 Å². The molecule has 0 unspecified atom stereocenters. The number of hydrogen-bond acceptors (Lipinski definition) is 5. The summed E-state index contributed by atoms with van der Waals surface area (Å²) in [5, 5.41) is 4.02. The Kier molecular flexibility index (Phi) is 5.28. The van der Waals surface area contributed by atoms with Crippen molar-refractivity contribution in [1.29, 1.82) is 0 Å². The molecule has 6 heteroatoms. The summed E-state index contributed by atoms with van der Waals surface area (Å²) in [6.45, 7) is 4.71. The van der Waals surface area contributed by atoms with Gasteiger partial charge in [-0.1, -0.05) is 49.3 Å². The number of likely N-dealkylation sites (tertiary alicyclic amines) is 1. The molecule has 1 saturated heterocycles. The molecule has 0 radical (unpaired) electrons. The van der Waals surface area contributed by atoms with E-state index in [1.54, 1.807) is 12.3 Å². The number of benzene rings is 1. The summed E-state index contributed by atoms with van der Waals surface area (Å²) in [5.74, 6) is 1.76. The predicted octanol–water partition coefficient (Wildman–Crippen LogP) is 4.74. The van der Waals surface area contributed by atoms with Crippen LogP contribution in [0.1, 0.15) is 78.5 Å². The molecule has 6 nitrogen and oxygen atoms in total. The average molecular weight is 379 g/mol. The molecular formula is C22H25N3O3. The molecule has 4 rings (SSSR count). The van der Waals surface area contributed by atoms with Crippen LogP contribution in [0.2, 0.25) is 0 Å². The number of hydrogen-bond donors (Lipinski definition) is 0. The molecule has 0 aliphatic carbocycles. The van der Waals surface area contributed by atoms with Crippen molar-refractivity contribution in [3.05, 3.63) is 71.3 Å². The maximum absolute atomic E-state index is 13.0. The molecule has 0 bridgehead atoms. The van der Waals surface area contributed by atoms with E-state index in [0.29, 0.717) is 18.9 Å². The number of piperidine rings is 1. The zero-order valence-corrected chi connectivity index (χ0v) is 16.3. The number of carbonyl (C=O) groups is 1. The lowest BCUT2D eigenvalue weighted by atomic mass is 10.0. The van der Waals surface area contributed by atoms with Crippen LogP contribution in [0.25, 0.3) is 0 Å². The highest BCUT2D eigenvalue weighted by Gasteiger charge is 2.33. The topological polar surface area (TPSA) is 72.4 Å². The summed E-state index contributed by atoms with van der Waals surface area (Å²) in [5.41, 5.74) is 1.96. The monoisotopic (exact) mass is 379 g/mol. The van der Waals surface area contributed by atoms with Crippen molar-refractivity contribution in [2.45, 2.75) is 51.5 Å². The summed E-state index contributed by atoms with van der Waals surface area (Å²) >= 11 is 0. The molecule has 28 heavy (non-hydrogen) atoms. The van der Waals surface area contributed by atoms with Gasteiger partial charge in [-0.2, -0.15) is 0 Å². The van der Waals surface area contributed by atoms with Crippen LogP contribution in [0.3, 0.4) is 0 Å². The van der Waals surface area contributed by atoms with E-state index in [9.17, 15) is 4.79 Å². The molecule has 1 aliphatic rings. The SMILES string of the molecule is CC(C)c1cc(C(=O)N2CCCC[C@@H]2c2ncc(Cc3ccccc3)o2)on1.